The molecule has 0 saturated carbocycles. The number of hydrogen-bond acceptors (Lipinski definition) is 0. The van der Waals surface area contributed by atoms with E-state index in [-0.39, 0.29) is 0 Å². The van der Waals surface area contributed by atoms with E-state index in [1.165, 1.54) is 11.1 Å². The molecule has 0 unspecified atom stereocenters. The molecule has 66 valence electrons. The maximum Gasteiger partial charge on any atom is -0.0234 e. The lowest BCUT2D eigenvalue weighted by Crippen LogP contribution is -1.81. The Kier molecular flexibility index (Phi) is 6.08. The maximum atomic E-state index is 3.79. The standard InChI is InChI=1S/C12H18/c1-5-9-11(7-3)12(8-4)10-6-2/h5-7,9-10H,3,8H2,1-2,4H3. The molecule has 0 heterocycles. The number of rotatable bonds is 4. The molecule has 0 bridgehead atoms. The van der Waals surface area contributed by atoms with Gasteiger partial charge in [-0.3, -0.25) is 0 Å². The van der Waals surface area contributed by atoms with Crippen LogP contribution in [0.2, 0.25) is 0 Å². The van der Waals surface area contributed by atoms with E-state index in [4.69, 9.17) is 0 Å². The van der Waals surface area contributed by atoms with Gasteiger partial charge in [0.1, 0.15) is 0 Å². The Hall–Kier alpha value is -1.04. The first kappa shape index (κ1) is 11.0. The van der Waals surface area contributed by atoms with Crippen LogP contribution in [-0.2, 0) is 0 Å². The lowest BCUT2D eigenvalue weighted by molar-refractivity contribution is 1.13. The van der Waals surface area contributed by atoms with Crippen LogP contribution in [0.3, 0.4) is 0 Å². The van der Waals surface area contributed by atoms with Crippen molar-refractivity contribution in [3.8, 4) is 0 Å². The highest BCUT2D eigenvalue weighted by molar-refractivity contribution is 5.39. The molecule has 0 aliphatic rings. The fourth-order valence-electron chi connectivity index (χ4n) is 1.11. The van der Waals surface area contributed by atoms with E-state index in [1.807, 2.05) is 26.0 Å². The molecule has 0 aromatic carbocycles. The highest BCUT2D eigenvalue weighted by atomic mass is 14.0. The zero-order valence-electron chi connectivity index (χ0n) is 8.30. The second-order valence-corrected chi connectivity index (χ2v) is 2.54. The van der Waals surface area contributed by atoms with Gasteiger partial charge in [-0.1, -0.05) is 43.9 Å². The van der Waals surface area contributed by atoms with Crippen molar-refractivity contribution in [2.45, 2.75) is 27.2 Å². The Morgan fingerprint density at radius 1 is 1.17 bits per heavy atom. The molecule has 0 fully saturated rings. The second-order valence-electron chi connectivity index (χ2n) is 2.54. The van der Waals surface area contributed by atoms with Crippen molar-refractivity contribution in [3.05, 3.63) is 48.1 Å². The van der Waals surface area contributed by atoms with Crippen molar-refractivity contribution in [2.75, 3.05) is 0 Å². The van der Waals surface area contributed by atoms with Crippen LogP contribution in [0.25, 0.3) is 0 Å². The van der Waals surface area contributed by atoms with E-state index in [0.717, 1.165) is 6.42 Å². The molecule has 0 aliphatic carbocycles. The van der Waals surface area contributed by atoms with E-state index in [2.05, 4.69) is 31.7 Å². The van der Waals surface area contributed by atoms with Gasteiger partial charge in [-0.15, -0.1) is 0 Å². The van der Waals surface area contributed by atoms with Crippen LogP contribution < -0.4 is 0 Å². The Morgan fingerprint density at radius 2 is 1.75 bits per heavy atom. The summed E-state index contributed by atoms with van der Waals surface area (Å²) in [5.41, 5.74) is 2.56. The molecule has 0 heteroatoms. The summed E-state index contributed by atoms with van der Waals surface area (Å²) in [5.74, 6) is 0. The van der Waals surface area contributed by atoms with E-state index in [0.29, 0.717) is 0 Å². The molecule has 0 aromatic rings. The molecule has 0 amide bonds. The van der Waals surface area contributed by atoms with Crippen LogP contribution in [0.15, 0.2) is 48.1 Å². The Bertz CT molecular complexity index is 214. The monoisotopic (exact) mass is 162 g/mol. The third-order valence-corrected chi connectivity index (χ3v) is 1.69. The van der Waals surface area contributed by atoms with Gasteiger partial charge >= 0.3 is 0 Å². The minimum atomic E-state index is 1.05. The van der Waals surface area contributed by atoms with Crippen molar-refractivity contribution >= 4 is 0 Å². The molecular formula is C12H18. The third-order valence-electron chi connectivity index (χ3n) is 1.69. The smallest absolute Gasteiger partial charge is 0.0234 e. The van der Waals surface area contributed by atoms with E-state index < -0.39 is 0 Å². The Labute approximate surface area is 76.0 Å². The van der Waals surface area contributed by atoms with Crippen LogP contribution in [0.1, 0.15) is 27.2 Å². The lowest BCUT2D eigenvalue weighted by Gasteiger charge is -2.01. The average molecular weight is 162 g/mol. The summed E-state index contributed by atoms with van der Waals surface area (Å²) in [7, 11) is 0. The van der Waals surface area contributed by atoms with Gasteiger partial charge in [0.15, 0.2) is 0 Å². The zero-order valence-corrected chi connectivity index (χ0v) is 8.30. The van der Waals surface area contributed by atoms with Crippen LogP contribution in [0.5, 0.6) is 0 Å². The minimum Gasteiger partial charge on any atom is -0.0985 e. The summed E-state index contributed by atoms with van der Waals surface area (Å²) < 4.78 is 0. The zero-order chi connectivity index (χ0) is 9.40. The minimum absolute atomic E-state index is 1.05. The van der Waals surface area contributed by atoms with Crippen molar-refractivity contribution in [3.63, 3.8) is 0 Å². The van der Waals surface area contributed by atoms with Crippen molar-refractivity contribution in [1.29, 1.82) is 0 Å². The summed E-state index contributed by atoms with van der Waals surface area (Å²) in [6.45, 7) is 10.00. The summed E-state index contributed by atoms with van der Waals surface area (Å²) in [4.78, 5) is 0. The molecule has 0 aliphatic heterocycles. The van der Waals surface area contributed by atoms with Crippen LogP contribution in [-0.4, -0.2) is 0 Å². The first-order valence-electron chi connectivity index (χ1n) is 4.41. The Morgan fingerprint density at radius 3 is 2.08 bits per heavy atom. The maximum absolute atomic E-state index is 3.79. The third kappa shape index (κ3) is 3.38. The fraction of sp³-hybridized carbons (Fsp3) is 0.333. The van der Waals surface area contributed by atoms with E-state index in [9.17, 15) is 0 Å². The highest BCUT2D eigenvalue weighted by Crippen LogP contribution is 2.12. The van der Waals surface area contributed by atoms with E-state index in [1.54, 1.807) is 0 Å². The van der Waals surface area contributed by atoms with Gasteiger partial charge in [-0.25, -0.2) is 0 Å². The molecule has 0 atom stereocenters. The van der Waals surface area contributed by atoms with Crippen molar-refractivity contribution in [2.24, 2.45) is 0 Å². The van der Waals surface area contributed by atoms with Crippen LogP contribution in [0, 0.1) is 0 Å². The quantitative estimate of drug-likeness (QED) is 0.547. The topological polar surface area (TPSA) is 0 Å². The molecule has 12 heavy (non-hydrogen) atoms. The molecule has 0 rings (SSSR count). The van der Waals surface area contributed by atoms with Gasteiger partial charge in [0.25, 0.3) is 0 Å². The fourth-order valence-corrected chi connectivity index (χ4v) is 1.11. The SMILES string of the molecule is C=CC(C=CC)=C(C=CC)CC. The predicted molar refractivity (Wildman–Crippen MR) is 57.1 cm³/mol. The van der Waals surface area contributed by atoms with Crippen molar-refractivity contribution < 1.29 is 0 Å². The molecule has 0 radical (unpaired) electrons. The van der Waals surface area contributed by atoms with Gasteiger partial charge in [-0.2, -0.15) is 0 Å². The molecule has 0 nitrogen and oxygen atoms in total. The van der Waals surface area contributed by atoms with Crippen molar-refractivity contribution in [1.82, 2.24) is 0 Å². The summed E-state index contributed by atoms with van der Waals surface area (Å²) >= 11 is 0. The second kappa shape index (κ2) is 6.66. The van der Waals surface area contributed by atoms with E-state index >= 15 is 0 Å². The average Bonchev–Trinajstić information content (AvgIpc) is 2.11. The summed E-state index contributed by atoms with van der Waals surface area (Å²) in [6.07, 6.45) is 11.3. The molecular weight excluding hydrogens is 144 g/mol. The van der Waals surface area contributed by atoms with Gasteiger partial charge in [0.2, 0.25) is 0 Å². The largest absolute Gasteiger partial charge is 0.0985 e. The molecule has 0 N–H and O–H groups in total. The van der Waals surface area contributed by atoms with Gasteiger partial charge in [0, 0.05) is 0 Å². The van der Waals surface area contributed by atoms with Gasteiger partial charge in [0.05, 0.1) is 0 Å². The first-order valence-corrected chi connectivity index (χ1v) is 4.41. The van der Waals surface area contributed by atoms with Gasteiger partial charge in [-0.05, 0) is 31.4 Å². The summed E-state index contributed by atoms with van der Waals surface area (Å²) in [5, 5.41) is 0. The predicted octanol–water partition coefficient (Wildman–Crippen LogP) is 4.03. The lowest BCUT2D eigenvalue weighted by atomic mass is 10.0. The highest BCUT2D eigenvalue weighted by Gasteiger charge is 1.92. The number of hydrogen-bond donors (Lipinski definition) is 0. The van der Waals surface area contributed by atoms with Crippen LogP contribution >= 0.6 is 0 Å². The number of allylic oxidation sites excluding steroid dienone is 7. The first-order chi connectivity index (χ1) is 5.79. The Balaban J connectivity index is 4.85. The normalized spacial score (nSPS) is 13.9. The van der Waals surface area contributed by atoms with Gasteiger partial charge < -0.3 is 0 Å². The molecule has 0 aromatic heterocycles. The summed E-state index contributed by atoms with van der Waals surface area (Å²) in [6, 6.07) is 0. The molecule has 0 spiro atoms. The molecule has 0 saturated heterocycles. The van der Waals surface area contributed by atoms with Crippen LogP contribution in [0.4, 0.5) is 0 Å².